The van der Waals surface area contributed by atoms with E-state index in [1.54, 1.807) is 0 Å². The van der Waals surface area contributed by atoms with Gasteiger partial charge in [0.05, 0.1) is 6.54 Å². The van der Waals surface area contributed by atoms with E-state index in [1.165, 1.54) is 12.4 Å². The molecule has 0 spiro atoms. The van der Waals surface area contributed by atoms with Crippen molar-refractivity contribution in [1.82, 2.24) is 14.5 Å². The summed E-state index contributed by atoms with van der Waals surface area (Å²) in [6.07, 6.45) is 2.65. The van der Waals surface area contributed by atoms with Gasteiger partial charge in [-0.3, -0.25) is 9.47 Å². The SMILES string of the molecule is CC(N)CN(C)Cc1nccn1C(F)F.Cl.Cl. The van der Waals surface area contributed by atoms with Gasteiger partial charge in [-0.2, -0.15) is 8.78 Å². The van der Waals surface area contributed by atoms with Gasteiger partial charge in [-0.15, -0.1) is 24.8 Å². The maximum absolute atomic E-state index is 12.5. The Hall–Kier alpha value is -0.430. The Bertz CT molecular complexity index is 307. The van der Waals surface area contributed by atoms with Crippen LogP contribution in [0.5, 0.6) is 0 Å². The number of nitrogens with zero attached hydrogens (tertiary/aromatic N) is 3. The zero-order valence-electron chi connectivity index (χ0n) is 9.72. The average molecular weight is 291 g/mol. The van der Waals surface area contributed by atoms with Crippen molar-refractivity contribution in [2.45, 2.75) is 26.1 Å². The number of alkyl halides is 2. The van der Waals surface area contributed by atoms with Crippen LogP contribution in [0, 0.1) is 0 Å². The minimum absolute atomic E-state index is 0. The van der Waals surface area contributed by atoms with E-state index in [0.717, 1.165) is 4.57 Å². The van der Waals surface area contributed by atoms with E-state index in [0.29, 0.717) is 18.9 Å². The standard InChI is InChI=1S/C9H16F2N4.2ClH/c1-7(12)5-14(2)6-8-13-3-4-15(8)9(10)11;;/h3-4,7,9H,5-6,12H2,1-2H3;2*1H. The van der Waals surface area contributed by atoms with E-state index in [4.69, 9.17) is 5.73 Å². The van der Waals surface area contributed by atoms with Crippen molar-refractivity contribution in [2.75, 3.05) is 13.6 Å². The number of hydrogen-bond acceptors (Lipinski definition) is 3. The minimum atomic E-state index is -2.54. The fourth-order valence-electron chi connectivity index (χ4n) is 1.44. The third-order valence-corrected chi connectivity index (χ3v) is 1.97. The van der Waals surface area contributed by atoms with Gasteiger partial charge in [-0.1, -0.05) is 0 Å². The Morgan fingerprint density at radius 2 is 2.06 bits per heavy atom. The van der Waals surface area contributed by atoms with Crippen LogP contribution in [-0.2, 0) is 6.54 Å². The van der Waals surface area contributed by atoms with Crippen molar-refractivity contribution in [3.8, 4) is 0 Å². The molecule has 1 aromatic rings. The molecule has 1 atom stereocenters. The van der Waals surface area contributed by atoms with Gasteiger partial charge in [-0.05, 0) is 14.0 Å². The average Bonchev–Trinajstić information content (AvgIpc) is 2.50. The zero-order chi connectivity index (χ0) is 11.4. The summed E-state index contributed by atoms with van der Waals surface area (Å²) >= 11 is 0. The summed E-state index contributed by atoms with van der Waals surface area (Å²) < 4.78 is 25.8. The lowest BCUT2D eigenvalue weighted by molar-refractivity contribution is 0.0645. The Morgan fingerprint density at radius 3 is 2.53 bits per heavy atom. The van der Waals surface area contributed by atoms with Gasteiger partial charge < -0.3 is 5.73 Å². The number of imidazole rings is 1. The minimum Gasteiger partial charge on any atom is -0.327 e. The summed E-state index contributed by atoms with van der Waals surface area (Å²) in [7, 11) is 1.83. The molecule has 102 valence electrons. The second-order valence-electron chi connectivity index (χ2n) is 3.70. The van der Waals surface area contributed by atoms with E-state index in [9.17, 15) is 8.78 Å². The van der Waals surface area contributed by atoms with Crippen LogP contribution in [0.4, 0.5) is 8.78 Å². The highest BCUT2D eigenvalue weighted by atomic mass is 35.5. The number of halogens is 4. The molecule has 1 heterocycles. The lowest BCUT2D eigenvalue weighted by Gasteiger charge is -2.18. The topological polar surface area (TPSA) is 47.1 Å². The highest BCUT2D eigenvalue weighted by Gasteiger charge is 2.13. The van der Waals surface area contributed by atoms with Gasteiger partial charge in [0.1, 0.15) is 5.82 Å². The van der Waals surface area contributed by atoms with Gasteiger partial charge in [0.25, 0.3) is 0 Å². The summed E-state index contributed by atoms with van der Waals surface area (Å²) in [4.78, 5) is 5.75. The molecule has 8 heteroatoms. The summed E-state index contributed by atoms with van der Waals surface area (Å²) in [6.45, 7) is 0.358. The molecule has 1 aromatic heterocycles. The molecule has 0 saturated carbocycles. The van der Waals surface area contributed by atoms with E-state index in [1.807, 2.05) is 18.9 Å². The largest absolute Gasteiger partial charge is 0.327 e. The van der Waals surface area contributed by atoms with Crippen LogP contribution in [0.2, 0.25) is 0 Å². The Morgan fingerprint density at radius 1 is 1.47 bits per heavy atom. The maximum atomic E-state index is 12.5. The highest BCUT2D eigenvalue weighted by Crippen LogP contribution is 2.13. The van der Waals surface area contributed by atoms with Crippen LogP contribution >= 0.6 is 24.8 Å². The number of rotatable bonds is 5. The molecule has 4 nitrogen and oxygen atoms in total. The Balaban J connectivity index is 0. The maximum Gasteiger partial charge on any atom is 0.319 e. The number of likely N-dealkylation sites (N-methyl/N-ethyl adjacent to an activating group) is 1. The summed E-state index contributed by atoms with van der Waals surface area (Å²) in [5.74, 6) is 0.355. The molecule has 0 aliphatic carbocycles. The van der Waals surface area contributed by atoms with Crippen molar-refractivity contribution in [3.63, 3.8) is 0 Å². The normalized spacial score (nSPS) is 12.2. The quantitative estimate of drug-likeness (QED) is 0.901. The van der Waals surface area contributed by atoms with Crippen molar-refractivity contribution >= 4 is 24.8 Å². The van der Waals surface area contributed by atoms with E-state index < -0.39 is 6.55 Å². The van der Waals surface area contributed by atoms with Crippen LogP contribution in [0.25, 0.3) is 0 Å². The molecule has 0 aromatic carbocycles. The molecular weight excluding hydrogens is 273 g/mol. The lowest BCUT2D eigenvalue weighted by atomic mass is 10.3. The molecule has 0 aliphatic rings. The smallest absolute Gasteiger partial charge is 0.319 e. The first-order valence-electron chi connectivity index (χ1n) is 4.74. The van der Waals surface area contributed by atoms with Crippen LogP contribution in [-0.4, -0.2) is 34.1 Å². The van der Waals surface area contributed by atoms with Gasteiger partial charge in [0, 0.05) is 25.0 Å². The van der Waals surface area contributed by atoms with Gasteiger partial charge >= 0.3 is 6.55 Å². The molecule has 0 radical (unpaired) electrons. The third kappa shape index (κ3) is 6.16. The van der Waals surface area contributed by atoms with Gasteiger partial charge in [0.2, 0.25) is 0 Å². The molecule has 0 bridgehead atoms. The highest BCUT2D eigenvalue weighted by molar-refractivity contribution is 5.85. The molecule has 1 unspecified atom stereocenters. The van der Waals surface area contributed by atoms with Crippen molar-refractivity contribution in [1.29, 1.82) is 0 Å². The van der Waals surface area contributed by atoms with Gasteiger partial charge in [0.15, 0.2) is 0 Å². The Labute approximate surface area is 112 Å². The van der Waals surface area contributed by atoms with Crippen LogP contribution in [0.1, 0.15) is 19.3 Å². The zero-order valence-corrected chi connectivity index (χ0v) is 11.3. The fraction of sp³-hybridized carbons (Fsp3) is 0.667. The monoisotopic (exact) mass is 290 g/mol. The van der Waals surface area contributed by atoms with E-state index in [-0.39, 0.29) is 30.9 Å². The van der Waals surface area contributed by atoms with Crippen LogP contribution in [0.3, 0.4) is 0 Å². The molecule has 2 N–H and O–H groups in total. The summed E-state index contributed by atoms with van der Waals surface area (Å²) in [6, 6.07) is 0.0185. The second-order valence-corrected chi connectivity index (χ2v) is 3.70. The van der Waals surface area contributed by atoms with Crippen molar-refractivity contribution in [2.24, 2.45) is 5.73 Å². The first kappa shape index (κ1) is 18.9. The van der Waals surface area contributed by atoms with E-state index in [2.05, 4.69) is 4.98 Å². The van der Waals surface area contributed by atoms with Crippen molar-refractivity contribution < 1.29 is 8.78 Å². The number of hydrogen-bond donors (Lipinski definition) is 1. The summed E-state index contributed by atoms with van der Waals surface area (Å²) in [5, 5.41) is 0. The molecule has 0 amide bonds. The molecule has 0 saturated heterocycles. The summed E-state index contributed by atoms with van der Waals surface area (Å²) in [5.41, 5.74) is 5.60. The first-order chi connectivity index (χ1) is 7.00. The van der Waals surface area contributed by atoms with Gasteiger partial charge in [-0.25, -0.2) is 4.98 Å². The van der Waals surface area contributed by atoms with Crippen LogP contribution in [0.15, 0.2) is 12.4 Å². The number of nitrogens with two attached hydrogens (primary N) is 1. The third-order valence-electron chi connectivity index (χ3n) is 1.97. The predicted octanol–water partition coefficient (Wildman–Crippen LogP) is 1.90. The predicted molar refractivity (Wildman–Crippen MR) is 68.0 cm³/mol. The molecule has 0 aliphatic heterocycles. The molecule has 1 rings (SSSR count). The molecule has 0 fully saturated rings. The van der Waals surface area contributed by atoms with E-state index >= 15 is 0 Å². The van der Waals surface area contributed by atoms with Crippen molar-refractivity contribution in [3.05, 3.63) is 18.2 Å². The first-order valence-corrected chi connectivity index (χ1v) is 4.74. The molecular formula is C9H18Cl2F2N4. The second kappa shape index (κ2) is 8.63. The number of aromatic nitrogens is 2. The molecule has 17 heavy (non-hydrogen) atoms. The Kier molecular flexibility index (Phi) is 9.61. The van der Waals surface area contributed by atoms with Crippen LogP contribution < -0.4 is 5.73 Å². The fourth-order valence-corrected chi connectivity index (χ4v) is 1.44. The lowest BCUT2D eigenvalue weighted by Crippen LogP contribution is -2.33.